The lowest BCUT2D eigenvalue weighted by atomic mass is 9.85. The molecule has 128 valence electrons. The summed E-state index contributed by atoms with van der Waals surface area (Å²) in [6.07, 6.45) is 6.01. The fourth-order valence-electron chi connectivity index (χ4n) is 3.06. The number of imide groups is 1. The second kappa shape index (κ2) is 7.16. The van der Waals surface area contributed by atoms with Gasteiger partial charge in [-0.25, -0.2) is 4.90 Å². The van der Waals surface area contributed by atoms with Crippen molar-refractivity contribution in [3.63, 3.8) is 0 Å². The predicted octanol–water partition coefficient (Wildman–Crippen LogP) is 4.77. The predicted molar refractivity (Wildman–Crippen MR) is 94.8 cm³/mol. The van der Waals surface area contributed by atoms with Gasteiger partial charge in [-0.15, -0.1) is 0 Å². The lowest BCUT2D eigenvalue weighted by Gasteiger charge is -2.33. The van der Waals surface area contributed by atoms with Gasteiger partial charge in [-0.1, -0.05) is 42.6 Å². The summed E-state index contributed by atoms with van der Waals surface area (Å²) in [4.78, 5) is 26.5. The van der Waals surface area contributed by atoms with Gasteiger partial charge in [0.05, 0.1) is 28.3 Å². The molecule has 6 heteroatoms. The molecule has 1 atom stereocenters. The van der Waals surface area contributed by atoms with Crippen LogP contribution in [0.4, 0.5) is 5.69 Å². The molecule has 0 N–H and O–H groups in total. The Labute approximate surface area is 151 Å². The van der Waals surface area contributed by atoms with Crippen molar-refractivity contribution >= 4 is 40.7 Å². The summed E-state index contributed by atoms with van der Waals surface area (Å²) < 4.78 is 5.67. The minimum absolute atomic E-state index is 0.229. The maximum Gasteiger partial charge on any atom is 0.260 e. The quantitative estimate of drug-likeness (QED) is 0.556. The number of fused-ring (bicyclic) bond motifs is 1. The van der Waals surface area contributed by atoms with E-state index in [1.807, 2.05) is 0 Å². The van der Waals surface area contributed by atoms with E-state index < -0.39 is 0 Å². The molecule has 0 saturated carbocycles. The first-order valence-electron chi connectivity index (χ1n) is 8.23. The number of carbonyl (C=O) groups is 2. The average molecular weight is 368 g/mol. The highest BCUT2D eigenvalue weighted by Gasteiger charge is 2.39. The van der Waals surface area contributed by atoms with E-state index in [9.17, 15) is 9.59 Å². The van der Waals surface area contributed by atoms with Crippen LogP contribution in [-0.4, -0.2) is 18.4 Å². The molecule has 4 nitrogen and oxygen atoms in total. The first kappa shape index (κ1) is 17.3. The van der Waals surface area contributed by atoms with Crippen molar-refractivity contribution in [2.75, 3.05) is 11.5 Å². The molecule has 2 amide bonds. The third kappa shape index (κ3) is 3.17. The molecule has 1 heterocycles. The highest BCUT2D eigenvalue weighted by molar-refractivity contribution is 6.39. The monoisotopic (exact) mass is 367 g/mol. The van der Waals surface area contributed by atoms with Crippen LogP contribution in [0.3, 0.4) is 0 Å². The molecule has 1 aromatic carbocycles. The zero-order valence-electron chi connectivity index (χ0n) is 13.5. The summed E-state index contributed by atoms with van der Waals surface area (Å²) in [5.74, 6) is -0.329. The Morgan fingerprint density at radius 3 is 2.79 bits per heavy atom. The van der Waals surface area contributed by atoms with E-state index in [-0.39, 0.29) is 22.8 Å². The molecule has 2 aliphatic rings. The highest BCUT2D eigenvalue weighted by Crippen LogP contribution is 2.40. The van der Waals surface area contributed by atoms with Crippen LogP contribution in [0.25, 0.3) is 0 Å². The fourth-order valence-corrected chi connectivity index (χ4v) is 3.58. The molecular weight excluding hydrogens is 349 g/mol. The van der Waals surface area contributed by atoms with Crippen molar-refractivity contribution < 1.29 is 14.3 Å². The standard InChI is InChI=1S/C18H19Cl2NO3/c1-2-3-7-24-16-10-15(13(19)9-14(16)20)21-17(22)11-5-4-6-12(8-11)18(21)23/h8-11H,2-7H2,1H3. The average Bonchev–Trinajstić information content (AvgIpc) is 2.57. The van der Waals surface area contributed by atoms with Crippen molar-refractivity contribution in [2.45, 2.75) is 39.0 Å². The zero-order chi connectivity index (χ0) is 17.3. The van der Waals surface area contributed by atoms with Gasteiger partial charge >= 0.3 is 0 Å². The lowest BCUT2D eigenvalue weighted by molar-refractivity contribution is -0.128. The molecule has 1 aliphatic heterocycles. The number of hydrogen-bond donors (Lipinski definition) is 0. The molecule has 3 rings (SSSR count). The maximum absolute atomic E-state index is 12.7. The maximum atomic E-state index is 12.7. The van der Waals surface area contributed by atoms with E-state index in [0.29, 0.717) is 35.1 Å². The van der Waals surface area contributed by atoms with Gasteiger partial charge in [-0.2, -0.15) is 0 Å². The first-order chi connectivity index (χ1) is 11.5. The molecule has 0 fully saturated rings. The van der Waals surface area contributed by atoms with Gasteiger partial charge in [0, 0.05) is 11.6 Å². The Balaban J connectivity index is 1.96. The van der Waals surface area contributed by atoms with Crippen LogP contribution in [0.1, 0.15) is 39.0 Å². The number of anilines is 1. The molecule has 0 spiro atoms. The van der Waals surface area contributed by atoms with Gasteiger partial charge in [0.15, 0.2) is 0 Å². The molecule has 0 aromatic heterocycles. The number of rotatable bonds is 5. The highest BCUT2D eigenvalue weighted by atomic mass is 35.5. The van der Waals surface area contributed by atoms with Gasteiger partial charge < -0.3 is 4.74 Å². The van der Waals surface area contributed by atoms with E-state index in [4.69, 9.17) is 27.9 Å². The topological polar surface area (TPSA) is 46.6 Å². The number of carbonyl (C=O) groups excluding carboxylic acids is 2. The second-order valence-corrected chi connectivity index (χ2v) is 6.92. The fraction of sp³-hybridized carbons (Fsp3) is 0.444. The summed E-state index contributed by atoms with van der Waals surface area (Å²) in [5, 5.41) is 0.640. The Hall–Kier alpha value is -1.52. The molecule has 1 unspecified atom stereocenters. The van der Waals surface area contributed by atoms with Crippen molar-refractivity contribution in [3.05, 3.63) is 33.8 Å². The van der Waals surface area contributed by atoms with E-state index in [1.54, 1.807) is 12.1 Å². The van der Waals surface area contributed by atoms with Crippen LogP contribution in [0, 0.1) is 5.92 Å². The lowest BCUT2D eigenvalue weighted by Crippen LogP contribution is -2.46. The number of amides is 2. The summed E-state index contributed by atoms with van der Waals surface area (Å²) in [6, 6.07) is 3.12. The minimum Gasteiger partial charge on any atom is -0.492 e. The molecule has 24 heavy (non-hydrogen) atoms. The van der Waals surface area contributed by atoms with E-state index >= 15 is 0 Å². The Morgan fingerprint density at radius 2 is 2.04 bits per heavy atom. The molecule has 0 saturated heterocycles. The van der Waals surface area contributed by atoms with E-state index in [0.717, 1.165) is 25.7 Å². The molecule has 2 bridgehead atoms. The van der Waals surface area contributed by atoms with Crippen LogP contribution < -0.4 is 9.64 Å². The number of hydrogen-bond acceptors (Lipinski definition) is 3. The SMILES string of the molecule is CCCCOc1cc(N2C(=O)C3=CC(CCC3)C2=O)c(Cl)cc1Cl. The molecule has 0 radical (unpaired) electrons. The molecule has 1 aromatic rings. The third-order valence-electron chi connectivity index (χ3n) is 4.38. The Kier molecular flexibility index (Phi) is 5.16. The van der Waals surface area contributed by atoms with Crippen LogP contribution in [-0.2, 0) is 9.59 Å². The van der Waals surface area contributed by atoms with Crippen LogP contribution in [0.5, 0.6) is 5.75 Å². The summed E-state index contributed by atoms with van der Waals surface area (Å²) in [5.41, 5.74) is 1.03. The van der Waals surface area contributed by atoms with Gasteiger partial charge in [0.25, 0.3) is 5.91 Å². The smallest absolute Gasteiger partial charge is 0.260 e. The van der Waals surface area contributed by atoms with Crippen molar-refractivity contribution in [1.82, 2.24) is 0 Å². The summed E-state index contributed by atoms with van der Waals surface area (Å²) in [6.45, 7) is 2.59. The van der Waals surface area contributed by atoms with Gasteiger partial charge in [0.2, 0.25) is 5.91 Å². The van der Waals surface area contributed by atoms with Crippen LogP contribution >= 0.6 is 23.2 Å². The normalized spacial score (nSPS) is 20.2. The van der Waals surface area contributed by atoms with Gasteiger partial charge in [0.1, 0.15) is 5.75 Å². The van der Waals surface area contributed by atoms with Crippen molar-refractivity contribution in [1.29, 1.82) is 0 Å². The van der Waals surface area contributed by atoms with Gasteiger partial charge in [-0.05, 0) is 31.7 Å². The number of unbranched alkanes of at least 4 members (excludes halogenated alkanes) is 1. The van der Waals surface area contributed by atoms with E-state index in [2.05, 4.69) is 6.92 Å². The van der Waals surface area contributed by atoms with Crippen molar-refractivity contribution in [3.8, 4) is 5.75 Å². The van der Waals surface area contributed by atoms with Crippen LogP contribution in [0.15, 0.2) is 23.8 Å². The van der Waals surface area contributed by atoms with Crippen LogP contribution in [0.2, 0.25) is 10.0 Å². The number of benzene rings is 1. The summed E-state index contributed by atoms with van der Waals surface area (Å²) >= 11 is 12.5. The Bertz CT molecular complexity index is 714. The minimum atomic E-state index is -0.292. The third-order valence-corrected chi connectivity index (χ3v) is 4.97. The largest absolute Gasteiger partial charge is 0.492 e. The molecule has 1 aliphatic carbocycles. The van der Waals surface area contributed by atoms with E-state index in [1.165, 1.54) is 11.0 Å². The van der Waals surface area contributed by atoms with Crippen molar-refractivity contribution in [2.24, 2.45) is 5.92 Å². The van der Waals surface area contributed by atoms with Gasteiger partial charge in [-0.3, -0.25) is 9.59 Å². The number of halogens is 2. The number of ether oxygens (including phenoxy) is 1. The molecular formula is C18H19Cl2NO3. The zero-order valence-corrected chi connectivity index (χ0v) is 15.0. The summed E-state index contributed by atoms with van der Waals surface area (Å²) in [7, 11) is 0. The Morgan fingerprint density at radius 1 is 1.25 bits per heavy atom. The number of nitrogens with zero attached hydrogens (tertiary/aromatic N) is 1. The second-order valence-electron chi connectivity index (χ2n) is 6.11. The first-order valence-corrected chi connectivity index (χ1v) is 8.99.